The van der Waals surface area contributed by atoms with Gasteiger partial charge < -0.3 is 14.9 Å². The van der Waals surface area contributed by atoms with Crippen molar-refractivity contribution in [1.82, 2.24) is 14.9 Å². The van der Waals surface area contributed by atoms with Crippen LogP contribution in [-0.4, -0.2) is 34.9 Å². The van der Waals surface area contributed by atoms with Gasteiger partial charge in [0.25, 0.3) is 0 Å². The molecule has 0 bridgehead atoms. The first kappa shape index (κ1) is 10.5. The van der Waals surface area contributed by atoms with E-state index in [-0.39, 0.29) is 11.8 Å². The van der Waals surface area contributed by atoms with Crippen molar-refractivity contribution in [1.29, 1.82) is 0 Å². The number of hydrogen-bond acceptors (Lipinski definition) is 1. The van der Waals surface area contributed by atoms with Crippen LogP contribution in [0.3, 0.4) is 0 Å². The smallest absolute Gasteiger partial charge is 0.237 e. The molecule has 0 radical (unpaired) electrons. The number of nitrogens with one attached hydrogen (secondary N) is 2. The molecule has 1 amide bonds. The predicted molar refractivity (Wildman–Crippen MR) is 62.1 cm³/mol. The molecule has 16 heavy (non-hydrogen) atoms. The van der Waals surface area contributed by atoms with Gasteiger partial charge >= 0.3 is 0 Å². The zero-order valence-corrected chi connectivity index (χ0v) is 9.40. The summed E-state index contributed by atoms with van der Waals surface area (Å²) in [5.41, 5.74) is 1.81. The molecule has 4 nitrogen and oxygen atoms in total. The van der Waals surface area contributed by atoms with Crippen molar-refractivity contribution in [2.75, 3.05) is 14.1 Å². The molecule has 0 saturated carbocycles. The van der Waals surface area contributed by atoms with Gasteiger partial charge in [0.05, 0.1) is 0 Å². The van der Waals surface area contributed by atoms with Gasteiger partial charge in [0, 0.05) is 37.9 Å². The SMILES string of the molecule is CN(C)C(=O)C(c1ccc[nH]1)c1ccc[nH]1. The minimum absolute atomic E-state index is 0.0601. The highest BCUT2D eigenvalue weighted by atomic mass is 16.2. The third-order valence-corrected chi connectivity index (χ3v) is 2.55. The summed E-state index contributed by atoms with van der Waals surface area (Å²) in [6.45, 7) is 0. The van der Waals surface area contributed by atoms with E-state index in [2.05, 4.69) is 9.97 Å². The van der Waals surface area contributed by atoms with E-state index in [1.165, 1.54) is 0 Å². The van der Waals surface area contributed by atoms with E-state index in [1.807, 2.05) is 36.7 Å². The van der Waals surface area contributed by atoms with Gasteiger partial charge in [-0.3, -0.25) is 4.79 Å². The fourth-order valence-electron chi connectivity index (χ4n) is 1.74. The average Bonchev–Trinajstić information content (AvgIpc) is 2.89. The summed E-state index contributed by atoms with van der Waals surface area (Å²) in [7, 11) is 3.53. The maximum atomic E-state index is 12.1. The maximum absolute atomic E-state index is 12.1. The lowest BCUT2D eigenvalue weighted by molar-refractivity contribution is -0.129. The van der Waals surface area contributed by atoms with Gasteiger partial charge in [-0.05, 0) is 24.3 Å². The first-order chi connectivity index (χ1) is 7.70. The van der Waals surface area contributed by atoms with Crippen LogP contribution in [0, 0.1) is 0 Å². The Balaban J connectivity index is 2.39. The Morgan fingerprint density at radius 2 is 1.62 bits per heavy atom. The van der Waals surface area contributed by atoms with Crippen molar-refractivity contribution in [3.63, 3.8) is 0 Å². The second-order valence-electron chi connectivity index (χ2n) is 3.92. The number of aromatic amines is 2. The highest BCUT2D eigenvalue weighted by molar-refractivity contribution is 5.85. The molecule has 0 aliphatic rings. The molecule has 4 heteroatoms. The lowest BCUT2D eigenvalue weighted by atomic mass is 10.0. The summed E-state index contributed by atoms with van der Waals surface area (Å²) < 4.78 is 0. The van der Waals surface area contributed by atoms with Gasteiger partial charge in [-0.2, -0.15) is 0 Å². The van der Waals surface area contributed by atoms with Crippen molar-refractivity contribution >= 4 is 5.91 Å². The lowest BCUT2D eigenvalue weighted by Crippen LogP contribution is -2.29. The predicted octanol–water partition coefficient (Wildman–Crippen LogP) is 1.56. The summed E-state index contributed by atoms with van der Waals surface area (Å²) in [5.74, 6) is -0.218. The van der Waals surface area contributed by atoms with E-state index in [4.69, 9.17) is 0 Å². The standard InChI is InChI=1S/C12H15N3O/c1-15(2)12(16)11(9-5-3-7-13-9)10-6-4-8-14-10/h3-8,11,13-14H,1-2H3. The third kappa shape index (κ3) is 1.86. The topological polar surface area (TPSA) is 51.9 Å². The highest BCUT2D eigenvalue weighted by Gasteiger charge is 2.25. The molecule has 0 unspecified atom stereocenters. The highest BCUT2D eigenvalue weighted by Crippen LogP contribution is 2.23. The normalized spacial score (nSPS) is 10.7. The van der Waals surface area contributed by atoms with Crippen molar-refractivity contribution in [2.45, 2.75) is 5.92 Å². The Labute approximate surface area is 94.3 Å². The van der Waals surface area contributed by atoms with Gasteiger partial charge in [-0.15, -0.1) is 0 Å². The molecule has 0 aliphatic heterocycles. The van der Waals surface area contributed by atoms with E-state index in [0.717, 1.165) is 11.4 Å². The molecule has 2 heterocycles. The van der Waals surface area contributed by atoms with E-state index in [0.29, 0.717) is 0 Å². The van der Waals surface area contributed by atoms with Gasteiger partial charge in [0.2, 0.25) is 5.91 Å². The number of rotatable bonds is 3. The molecule has 0 aliphatic carbocycles. The van der Waals surface area contributed by atoms with E-state index >= 15 is 0 Å². The fraction of sp³-hybridized carbons (Fsp3) is 0.250. The molecule has 0 fully saturated rings. The Morgan fingerprint density at radius 1 is 1.12 bits per heavy atom. The molecule has 84 valence electrons. The second kappa shape index (κ2) is 4.26. The second-order valence-corrected chi connectivity index (χ2v) is 3.92. The third-order valence-electron chi connectivity index (χ3n) is 2.55. The Kier molecular flexibility index (Phi) is 2.81. The summed E-state index contributed by atoms with van der Waals surface area (Å²) in [6.07, 6.45) is 3.66. The molecule has 2 rings (SSSR count). The first-order valence-electron chi connectivity index (χ1n) is 5.18. The molecular weight excluding hydrogens is 202 g/mol. The molecular formula is C12H15N3O. The van der Waals surface area contributed by atoms with Crippen LogP contribution in [0.5, 0.6) is 0 Å². The van der Waals surface area contributed by atoms with Crippen LogP contribution >= 0.6 is 0 Å². The van der Waals surface area contributed by atoms with E-state index in [1.54, 1.807) is 19.0 Å². The molecule has 0 aromatic carbocycles. The van der Waals surface area contributed by atoms with E-state index in [9.17, 15) is 4.79 Å². The number of carbonyl (C=O) groups is 1. The number of H-pyrrole nitrogens is 2. The van der Waals surface area contributed by atoms with Gasteiger partial charge in [-0.1, -0.05) is 0 Å². The van der Waals surface area contributed by atoms with Crippen LogP contribution in [0.25, 0.3) is 0 Å². The number of carbonyl (C=O) groups excluding carboxylic acids is 1. The summed E-state index contributed by atoms with van der Waals surface area (Å²) >= 11 is 0. The Hall–Kier alpha value is -1.97. The number of aromatic nitrogens is 2. The molecule has 0 atom stereocenters. The van der Waals surface area contributed by atoms with Crippen molar-refractivity contribution < 1.29 is 4.79 Å². The van der Waals surface area contributed by atoms with Crippen LogP contribution < -0.4 is 0 Å². The van der Waals surface area contributed by atoms with E-state index < -0.39 is 0 Å². The molecule has 0 spiro atoms. The zero-order chi connectivity index (χ0) is 11.5. The van der Waals surface area contributed by atoms with Gasteiger partial charge in [-0.25, -0.2) is 0 Å². The molecule has 0 saturated heterocycles. The van der Waals surface area contributed by atoms with Crippen LogP contribution in [-0.2, 0) is 4.79 Å². The van der Waals surface area contributed by atoms with Crippen LogP contribution in [0.15, 0.2) is 36.7 Å². The quantitative estimate of drug-likeness (QED) is 0.805. The van der Waals surface area contributed by atoms with Crippen LogP contribution in [0.4, 0.5) is 0 Å². The molecule has 2 N–H and O–H groups in total. The van der Waals surface area contributed by atoms with Crippen molar-refractivity contribution in [3.05, 3.63) is 48.0 Å². The number of hydrogen-bond donors (Lipinski definition) is 2. The zero-order valence-electron chi connectivity index (χ0n) is 9.40. The van der Waals surface area contributed by atoms with Crippen molar-refractivity contribution in [3.8, 4) is 0 Å². The first-order valence-corrected chi connectivity index (χ1v) is 5.18. The lowest BCUT2D eigenvalue weighted by Gasteiger charge is -2.18. The average molecular weight is 217 g/mol. The largest absolute Gasteiger partial charge is 0.364 e. The number of amides is 1. The minimum atomic E-state index is -0.278. The Bertz CT molecular complexity index is 408. The Morgan fingerprint density at radius 3 is 1.94 bits per heavy atom. The molecule has 2 aromatic rings. The number of nitrogens with zero attached hydrogens (tertiary/aromatic N) is 1. The van der Waals surface area contributed by atoms with Crippen molar-refractivity contribution in [2.24, 2.45) is 0 Å². The maximum Gasteiger partial charge on any atom is 0.237 e. The van der Waals surface area contributed by atoms with Gasteiger partial charge in [0.15, 0.2) is 0 Å². The fourth-order valence-corrected chi connectivity index (χ4v) is 1.74. The summed E-state index contributed by atoms with van der Waals surface area (Å²) in [6, 6.07) is 7.64. The monoisotopic (exact) mass is 217 g/mol. The number of likely N-dealkylation sites (N-methyl/N-ethyl adjacent to an activating group) is 1. The summed E-state index contributed by atoms with van der Waals surface area (Å²) in [5, 5.41) is 0. The van der Waals surface area contributed by atoms with Crippen LogP contribution in [0.1, 0.15) is 17.3 Å². The molecule has 2 aromatic heterocycles. The van der Waals surface area contributed by atoms with Gasteiger partial charge in [0.1, 0.15) is 5.92 Å². The summed E-state index contributed by atoms with van der Waals surface area (Å²) in [4.78, 5) is 19.9. The van der Waals surface area contributed by atoms with Crippen LogP contribution in [0.2, 0.25) is 0 Å². The minimum Gasteiger partial charge on any atom is -0.364 e.